The Morgan fingerprint density at radius 3 is 2.50 bits per heavy atom. The van der Waals surface area contributed by atoms with E-state index in [1.54, 1.807) is 24.3 Å². The highest BCUT2D eigenvalue weighted by molar-refractivity contribution is 5.70. The third-order valence-electron chi connectivity index (χ3n) is 1.62. The molecule has 0 saturated heterocycles. The van der Waals surface area contributed by atoms with Gasteiger partial charge in [-0.05, 0) is 17.7 Å². The minimum Gasteiger partial charge on any atom is -0.491 e. The van der Waals surface area contributed by atoms with Crippen LogP contribution in [0.4, 0.5) is 4.39 Å². The van der Waals surface area contributed by atoms with Crippen molar-refractivity contribution in [2.45, 2.75) is 6.42 Å². The van der Waals surface area contributed by atoms with Gasteiger partial charge in [-0.25, -0.2) is 4.39 Å². The van der Waals surface area contributed by atoms with Gasteiger partial charge in [0, 0.05) is 0 Å². The minimum atomic E-state index is -0.873. The number of alkyl halides is 1. The van der Waals surface area contributed by atoms with Gasteiger partial charge in [0.25, 0.3) is 0 Å². The molecule has 4 heteroatoms. The van der Waals surface area contributed by atoms with Gasteiger partial charge in [0.2, 0.25) is 0 Å². The van der Waals surface area contributed by atoms with E-state index in [1.165, 1.54) is 0 Å². The van der Waals surface area contributed by atoms with Crippen LogP contribution in [0.15, 0.2) is 24.3 Å². The molecule has 0 radical (unpaired) electrons. The Bertz CT molecular complexity index is 295. The Hall–Kier alpha value is -1.58. The minimum absolute atomic E-state index is 0.0105. The van der Waals surface area contributed by atoms with Gasteiger partial charge in [-0.1, -0.05) is 12.1 Å². The van der Waals surface area contributed by atoms with Gasteiger partial charge >= 0.3 is 5.97 Å². The van der Waals surface area contributed by atoms with Crippen LogP contribution in [0.5, 0.6) is 5.75 Å². The molecule has 0 amide bonds. The van der Waals surface area contributed by atoms with Crippen LogP contribution < -0.4 is 4.74 Å². The van der Waals surface area contributed by atoms with E-state index in [0.29, 0.717) is 11.3 Å². The van der Waals surface area contributed by atoms with E-state index in [2.05, 4.69) is 0 Å². The van der Waals surface area contributed by atoms with Gasteiger partial charge in [-0.15, -0.1) is 0 Å². The van der Waals surface area contributed by atoms with E-state index in [-0.39, 0.29) is 13.0 Å². The fraction of sp³-hybridized carbons (Fsp3) is 0.300. The molecule has 3 nitrogen and oxygen atoms in total. The molecule has 14 heavy (non-hydrogen) atoms. The van der Waals surface area contributed by atoms with E-state index < -0.39 is 12.6 Å². The summed E-state index contributed by atoms with van der Waals surface area (Å²) in [7, 11) is 0. The first-order chi connectivity index (χ1) is 6.72. The number of carbonyl (C=O) groups is 1. The monoisotopic (exact) mass is 197 g/mol. The van der Waals surface area contributed by atoms with Crippen molar-refractivity contribution in [3.8, 4) is 5.75 Å². The van der Waals surface area contributed by atoms with Crippen LogP contribution in [0, 0.1) is 0 Å². The van der Waals surface area contributed by atoms with Gasteiger partial charge in [0.1, 0.15) is 19.0 Å². The molecule has 1 aromatic rings. The van der Waals surface area contributed by atoms with E-state index in [1.807, 2.05) is 0 Å². The normalized spacial score (nSPS) is 9.79. The van der Waals surface area contributed by atoms with Crippen molar-refractivity contribution in [2.24, 2.45) is 0 Å². The Balaban J connectivity index is 2.54. The fourth-order valence-corrected chi connectivity index (χ4v) is 1.03. The van der Waals surface area contributed by atoms with Crippen LogP contribution in [0.1, 0.15) is 5.56 Å². The van der Waals surface area contributed by atoms with Crippen molar-refractivity contribution in [3.05, 3.63) is 29.8 Å². The van der Waals surface area contributed by atoms with Crippen molar-refractivity contribution in [1.82, 2.24) is 0 Å². The molecule has 0 heterocycles. The average Bonchev–Trinajstić information content (AvgIpc) is 2.16. The number of rotatable bonds is 5. The lowest BCUT2D eigenvalue weighted by Crippen LogP contribution is -2.01. The highest BCUT2D eigenvalue weighted by Gasteiger charge is 2.00. The molecule has 0 fully saturated rings. The van der Waals surface area contributed by atoms with Crippen molar-refractivity contribution in [1.29, 1.82) is 0 Å². The maximum atomic E-state index is 11.7. The quantitative estimate of drug-likeness (QED) is 0.780. The van der Waals surface area contributed by atoms with Crippen LogP contribution in [0.2, 0.25) is 0 Å². The first-order valence-corrected chi connectivity index (χ1v) is 4.22. The third-order valence-corrected chi connectivity index (χ3v) is 1.62. The maximum Gasteiger partial charge on any atom is 0.307 e. The van der Waals surface area contributed by atoms with E-state index in [4.69, 9.17) is 9.84 Å². The first-order valence-electron chi connectivity index (χ1n) is 4.22. The summed E-state index contributed by atoms with van der Waals surface area (Å²) in [5.74, 6) is -0.320. The molecular weight excluding hydrogens is 186 g/mol. The lowest BCUT2D eigenvalue weighted by atomic mass is 10.1. The van der Waals surface area contributed by atoms with Crippen LogP contribution >= 0.6 is 0 Å². The van der Waals surface area contributed by atoms with Crippen LogP contribution in [-0.4, -0.2) is 24.4 Å². The van der Waals surface area contributed by atoms with Crippen molar-refractivity contribution >= 4 is 5.97 Å². The molecular formula is C10H11FO3. The zero-order chi connectivity index (χ0) is 10.4. The van der Waals surface area contributed by atoms with Gasteiger partial charge in [-0.3, -0.25) is 4.79 Å². The topological polar surface area (TPSA) is 46.5 Å². The first kappa shape index (κ1) is 10.5. The number of aliphatic carboxylic acids is 1. The Morgan fingerprint density at radius 1 is 1.36 bits per heavy atom. The summed E-state index contributed by atoms with van der Waals surface area (Å²) < 4.78 is 16.7. The number of benzene rings is 1. The molecule has 1 rings (SSSR count). The molecule has 0 aromatic heterocycles. The molecule has 0 unspecified atom stereocenters. The number of carboxylic acids is 1. The summed E-state index contributed by atoms with van der Waals surface area (Å²) in [4.78, 5) is 10.3. The number of hydrogen-bond acceptors (Lipinski definition) is 2. The summed E-state index contributed by atoms with van der Waals surface area (Å²) in [6.07, 6.45) is -0.0105. The van der Waals surface area contributed by atoms with Gasteiger partial charge < -0.3 is 9.84 Å². The largest absolute Gasteiger partial charge is 0.491 e. The van der Waals surface area contributed by atoms with Crippen molar-refractivity contribution < 1.29 is 19.0 Å². The predicted molar refractivity (Wildman–Crippen MR) is 49.3 cm³/mol. The van der Waals surface area contributed by atoms with Crippen molar-refractivity contribution in [2.75, 3.05) is 13.3 Å². The zero-order valence-corrected chi connectivity index (χ0v) is 7.57. The highest BCUT2D eigenvalue weighted by Crippen LogP contribution is 2.12. The molecule has 1 N–H and O–H groups in total. The van der Waals surface area contributed by atoms with Gasteiger partial charge in [-0.2, -0.15) is 0 Å². The SMILES string of the molecule is O=C(O)Cc1ccc(OCC[18F])cc1. The standard InChI is InChI=1S/C10H11FO3/c11-5-6-14-9-3-1-8(2-4-9)7-10(12)13/h1-4H,5-7H2,(H,12,13)/i11-1. The molecule has 0 aliphatic carbocycles. The van der Waals surface area contributed by atoms with Gasteiger partial charge in [0.15, 0.2) is 0 Å². The smallest absolute Gasteiger partial charge is 0.307 e. The van der Waals surface area contributed by atoms with Crippen molar-refractivity contribution in [3.63, 3.8) is 0 Å². The number of ether oxygens (including phenoxy) is 1. The number of carboxylic acid groups (broad SMARTS) is 1. The molecule has 0 spiro atoms. The molecule has 0 saturated carbocycles. The molecule has 0 aliphatic rings. The summed E-state index contributed by atoms with van der Waals surface area (Å²) in [6.45, 7) is -0.505. The summed E-state index contributed by atoms with van der Waals surface area (Å²) in [6, 6.07) is 6.57. The zero-order valence-electron chi connectivity index (χ0n) is 7.57. The van der Waals surface area contributed by atoms with E-state index in [0.717, 1.165) is 0 Å². The Morgan fingerprint density at radius 2 is 2.00 bits per heavy atom. The molecule has 76 valence electrons. The van der Waals surface area contributed by atoms with Gasteiger partial charge in [0.05, 0.1) is 6.42 Å². The maximum absolute atomic E-state index is 11.7. The molecule has 0 bridgehead atoms. The lowest BCUT2D eigenvalue weighted by Gasteiger charge is -2.03. The summed E-state index contributed by atoms with van der Waals surface area (Å²) in [5, 5.41) is 8.50. The molecule has 1 aromatic carbocycles. The third kappa shape index (κ3) is 3.43. The molecule has 0 aliphatic heterocycles. The second-order valence-electron chi connectivity index (χ2n) is 2.75. The highest BCUT2D eigenvalue weighted by atomic mass is 18.2. The van der Waals surface area contributed by atoms with Crippen LogP contribution in [0.25, 0.3) is 0 Å². The van der Waals surface area contributed by atoms with E-state index >= 15 is 0 Å². The summed E-state index contributed by atoms with van der Waals surface area (Å²) >= 11 is 0. The fourth-order valence-electron chi connectivity index (χ4n) is 1.03. The second kappa shape index (κ2) is 5.21. The number of halogens is 1. The average molecular weight is 197 g/mol. The summed E-state index contributed by atoms with van der Waals surface area (Å²) in [5.41, 5.74) is 0.699. The Kier molecular flexibility index (Phi) is 3.91. The van der Waals surface area contributed by atoms with Crippen LogP contribution in [0.3, 0.4) is 0 Å². The lowest BCUT2D eigenvalue weighted by molar-refractivity contribution is -0.136. The Labute approximate surface area is 81.1 Å². The second-order valence-corrected chi connectivity index (χ2v) is 2.75. The van der Waals surface area contributed by atoms with Crippen LogP contribution in [-0.2, 0) is 11.2 Å². The van der Waals surface area contributed by atoms with E-state index in [9.17, 15) is 9.18 Å². The molecule has 0 atom stereocenters. The predicted octanol–water partition coefficient (Wildman–Crippen LogP) is 1.66. The number of hydrogen-bond donors (Lipinski definition) is 1.